The lowest BCUT2D eigenvalue weighted by molar-refractivity contribution is -0.138. The zero-order valence-corrected chi connectivity index (χ0v) is 78.3. The first kappa shape index (κ1) is 105. The molecule has 0 aromatic rings. The smallest absolute Gasteiger partial charge is 0.233 e. The second kappa shape index (κ2) is 44.3. The topological polar surface area (TPSA) is 236 Å². The predicted octanol–water partition coefficient (Wildman–Crippen LogP) is 21.7. The summed E-state index contributed by atoms with van der Waals surface area (Å²) in [5, 5.41) is 11.9. The molecule has 5 aliphatic carbocycles. The van der Waals surface area contributed by atoms with Gasteiger partial charge in [-0.25, -0.2) is 0 Å². The summed E-state index contributed by atoms with van der Waals surface area (Å²) in [4.78, 5) is 125. The van der Waals surface area contributed by atoms with Crippen LogP contribution in [0.25, 0.3) is 0 Å². The van der Waals surface area contributed by atoms with Crippen LogP contribution in [0, 0.1) is 133 Å². The molecule has 0 bridgehead atoms. The summed E-state index contributed by atoms with van der Waals surface area (Å²) in [6, 6.07) is 0. The maximum absolute atomic E-state index is 11.8. The van der Waals surface area contributed by atoms with Crippen LogP contribution in [-0.4, -0.2) is 87.3 Å². The summed E-state index contributed by atoms with van der Waals surface area (Å²) in [6.45, 7) is 76.8. The highest BCUT2D eigenvalue weighted by molar-refractivity contribution is 6.06. The fourth-order valence-corrected chi connectivity index (χ4v) is 21.6. The van der Waals surface area contributed by atoms with E-state index in [0.717, 1.165) is 103 Å². The number of Topliss-reactive ketones (excluding diaryl/α,β-unsaturated/α-hetero) is 7. The third-order valence-corrected chi connectivity index (χ3v) is 31.0. The minimum Gasteiger partial charge on any atom is -0.350 e. The maximum Gasteiger partial charge on any atom is 0.233 e. The minimum absolute atomic E-state index is 0.0139. The first-order valence-corrected chi connectivity index (χ1v) is 44.7. The molecule has 9 rings (SSSR count). The molecular formula is C96H174N4O11. The molecule has 9 fully saturated rings. The molecular weight excluding hydrogens is 1390 g/mol. The van der Waals surface area contributed by atoms with Crippen molar-refractivity contribution in [3.05, 3.63) is 0 Å². The van der Waals surface area contributed by atoms with Crippen LogP contribution in [0.4, 0.5) is 0 Å². The van der Waals surface area contributed by atoms with Gasteiger partial charge in [0.05, 0.1) is 17.4 Å². The summed E-state index contributed by atoms with van der Waals surface area (Å²) in [7, 11) is 0. The van der Waals surface area contributed by atoms with Crippen molar-refractivity contribution in [2.24, 2.45) is 133 Å². The summed E-state index contributed by atoms with van der Waals surface area (Å²) in [6.07, 6.45) is 19.5. The molecule has 5 saturated carbocycles. The van der Waals surface area contributed by atoms with Crippen molar-refractivity contribution in [2.45, 2.75) is 407 Å². The van der Waals surface area contributed by atoms with Gasteiger partial charge in [0.25, 0.3) is 0 Å². The standard InChI is InChI=1S/C12H20O2.C12H22O.C11H21NO.3C11H20O.C10H17NO2.C10H19NO.C8H15NO/c1-8(2)12(9(3)4)6-10(13)5-11(14)7-12;1-9(2)12(10(3)4)7-5-6-11(13)8-12;1-8(2)11(9(3)4)7-5-6-10(13)12-11;2*1-8(2)11(9(3)4)6-5-10(12)7-11;1-8(2)11(9(3)4)7-5-6-10(11)12;1-6(2)10(7(3)4)5-8(12)11-9(10)13;1-7(2)10(8(3)4)6-5-9(12)11-10;1-6(2)8(3)7(10)4-5-9-8/h8-9H,5-7H2,1-4H3;9-10H,5-8H2,1-4H3;8-9H,5-7H2,1-4H3,(H,12,13);3*8-9H,5-7H2,1-4H3;6-7H,5H2,1-4H3,(H,11,12,13);7-8H,5-6H2,1-4H3,(H,11,12);6,9H,4-5H2,1-3H3. The van der Waals surface area contributed by atoms with Crippen molar-refractivity contribution in [2.75, 3.05) is 6.54 Å². The summed E-state index contributed by atoms with van der Waals surface area (Å²) < 4.78 is 0. The van der Waals surface area contributed by atoms with Gasteiger partial charge in [0.1, 0.15) is 34.7 Å². The molecule has 4 aliphatic heterocycles. The fourth-order valence-electron chi connectivity index (χ4n) is 21.6. The Morgan fingerprint density at radius 1 is 0.252 bits per heavy atom. The van der Waals surface area contributed by atoms with Gasteiger partial charge in [0, 0.05) is 107 Å². The second-order valence-corrected chi connectivity index (χ2v) is 41.4. The van der Waals surface area contributed by atoms with E-state index in [2.05, 4.69) is 229 Å². The van der Waals surface area contributed by atoms with Crippen LogP contribution in [0.15, 0.2) is 0 Å². The Balaban J connectivity index is 0.000000625. The molecule has 1 unspecified atom stereocenters. The number of ketones is 7. The average molecular weight is 1560 g/mol. The Bertz CT molecular complexity index is 2800. The largest absolute Gasteiger partial charge is 0.350 e. The molecule has 0 aromatic carbocycles. The molecule has 4 saturated heterocycles. The Hall–Kier alpha value is -4.27. The number of nitrogens with one attached hydrogen (secondary N) is 4. The van der Waals surface area contributed by atoms with Gasteiger partial charge >= 0.3 is 0 Å². The van der Waals surface area contributed by atoms with Crippen molar-refractivity contribution in [1.82, 2.24) is 21.3 Å². The third-order valence-electron chi connectivity index (χ3n) is 31.0. The monoisotopic (exact) mass is 1560 g/mol. The van der Waals surface area contributed by atoms with Gasteiger partial charge in [-0.05, 0) is 187 Å². The number of hydrogen-bond donors (Lipinski definition) is 4. The fraction of sp³-hybridized carbons (Fsp3) is 0.885. The number of rotatable bonds is 17. The van der Waals surface area contributed by atoms with Gasteiger partial charge in [-0.15, -0.1) is 0 Å². The molecule has 4 amide bonds. The summed E-state index contributed by atoms with van der Waals surface area (Å²) >= 11 is 0. The van der Waals surface area contributed by atoms with Gasteiger partial charge in [-0.3, -0.25) is 58.1 Å². The van der Waals surface area contributed by atoms with Gasteiger partial charge in [0.15, 0.2) is 5.78 Å². The molecule has 0 spiro atoms. The van der Waals surface area contributed by atoms with Crippen LogP contribution >= 0.6 is 0 Å². The average Bonchev–Trinajstić information content (AvgIpc) is 1.75. The predicted molar refractivity (Wildman–Crippen MR) is 459 cm³/mol. The van der Waals surface area contributed by atoms with Crippen LogP contribution in [0.5, 0.6) is 0 Å². The molecule has 1 atom stereocenters. The molecule has 15 heteroatoms. The zero-order valence-electron chi connectivity index (χ0n) is 78.3. The number of piperidine rings is 1. The molecule has 9 aliphatic rings. The van der Waals surface area contributed by atoms with E-state index in [0.29, 0.717) is 172 Å². The van der Waals surface area contributed by atoms with Crippen molar-refractivity contribution in [1.29, 1.82) is 0 Å². The maximum atomic E-state index is 11.8. The molecule has 4 heterocycles. The van der Waals surface area contributed by atoms with E-state index in [9.17, 15) is 52.7 Å². The van der Waals surface area contributed by atoms with Gasteiger partial charge in [-0.1, -0.05) is 235 Å². The van der Waals surface area contributed by atoms with E-state index in [4.69, 9.17) is 0 Å². The third kappa shape index (κ3) is 25.9. The highest BCUT2D eigenvalue weighted by atomic mass is 16.2. The van der Waals surface area contributed by atoms with Crippen molar-refractivity contribution in [3.63, 3.8) is 0 Å². The lowest BCUT2D eigenvalue weighted by Gasteiger charge is -2.45. The molecule has 111 heavy (non-hydrogen) atoms. The zero-order chi connectivity index (χ0) is 86.5. The highest BCUT2D eigenvalue weighted by Crippen LogP contribution is 2.52. The lowest BCUT2D eigenvalue weighted by atomic mass is 9.60. The van der Waals surface area contributed by atoms with E-state index in [1.165, 1.54) is 6.42 Å². The van der Waals surface area contributed by atoms with E-state index in [-0.39, 0.29) is 80.9 Å². The molecule has 644 valence electrons. The van der Waals surface area contributed by atoms with Crippen molar-refractivity contribution < 1.29 is 52.7 Å². The number of imide groups is 1. The van der Waals surface area contributed by atoms with Gasteiger partial charge in [0.2, 0.25) is 23.6 Å². The molecule has 4 N–H and O–H groups in total. The van der Waals surface area contributed by atoms with Gasteiger partial charge in [-0.2, -0.15) is 0 Å². The van der Waals surface area contributed by atoms with E-state index >= 15 is 0 Å². The molecule has 15 nitrogen and oxygen atoms in total. The van der Waals surface area contributed by atoms with Crippen LogP contribution in [0.2, 0.25) is 0 Å². The Labute approximate surface area is 680 Å². The van der Waals surface area contributed by atoms with E-state index in [1.54, 1.807) is 0 Å². The van der Waals surface area contributed by atoms with Gasteiger partial charge < -0.3 is 16.0 Å². The quantitative estimate of drug-likeness (QED) is 0.0786. The minimum atomic E-state index is -0.475. The van der Waals surface area contributed by atoms with Crippen LogP contribution in [-0.2, 0) is 52.7 Å². The van der Waals surface area contributed by atoms with Crippen LogP contribution < -0.4 is 21.3 Å². The van der Waals surface area contributed by atoms with Crippen LogP contribution in [0.3, 0.4) is 0 Å². The van der Waals surface area contributed by atoms with Crippen LogP contribution in [0.1, 0.15) is 390 Å². The molecule has 0 aromatic heterocycles. The Kier molecular flexibility index (Phi) is 41.8. The Morgan fingerprint density at radius 3 is 0.775 bits per heavy atom. The van der Waals surface area contributed by atoms with E-state index < -0.39 is 5.41 Å². The number of amides is 4. The second-order valence-electron chi connectivity index (χ2n) is 41.4. The SMILES string of the molecule is CC(C)C1(C(C)C)CC(=O)CC(=O)C1.CC(C)C1(C(C)C)CC(=O)NC1=O.CC(C)C1(C(C)C)CCC(=O)C1.CC(C)C1(C(C)C)CCC(=O)C1.CC(C)C1(C(C)C)CCC(=O)N1.CC(C)C1(C(C)C)CCCC(=O)C1.CC(C)C1(C(C)C)CCCC(=O)N1.CC(C)C1(C(C)C)CCCC1=O.CC(C)C1(C)NCCC1=O. The summed E-state index contributed by atoms with van der Waals surface area (Å²) in [5.41, 5.74) is 0.277. The first-order chi connectivity index (χ1) is 50.8. The van der Waals surface area contributed by atoms with Crippen molar-refractivity contribution >= 4 is 64.1 Å². The summed E-state index contributed by atoms with van der Waals surface area (Å²) in [5.74, 6) is 11.4. The lowest BCUT2D eigenvalue weighted by Crippen LogP contribution is -2.58. The highest BCUT2D eigenvalue weighted by Gasteiger charge is 2.53. The number of hydrogen-bond acceptors (Lipinski definition) is 12. The van der Waals surface area contributed by atoms with E-state index in [1.807, 2.05) is 34.6 Å². The normalized spacial score (nSPS) is 23.3. The Morgan fingerprint density at radius 2 is 0.577 bits per heavy atom. The number of carbonyl (C=O) groups excluding carboxylic acids is 11. The van der Waals surface area contributed by atoms with Crippen molar-refractivity contribution in [3.8, 4) is 0 Å². The number of carbonyl (C=O) groups is 11. The first-order valence-electron chi connectivity index (χ1n) is 44.7. The molecule has 0 radical (unpaired) electrons.